The van der Waals surface area contributed by atoms with E-state index in [-0.39, 0.29) is 30.4 Å². The monoisotopic (exact) mass is 470 g/mol. The Balaban J connectivity index is 0.00000150. The standard InChI is InChI=1S/C22H20Cl2N2O.2ClH/c1-25-22(10-11-22)14-27-19-12-20(15-2-6-17(23)7-3-15)21(26-13-19)16-4-8-18(24)9-5-16;;/h2-9,12-13,25H,10-11,14H2,1H3;2*1H. The summed E-state index contributed by atoms with van der Waals surface area (Å²) in [4.78, 5) is 4.70. The maximum Gasteiger partial charge on any atom is 0.138 e. The number of benzene rings is 2. The van der Waals surface area contributed by atoms with Crippen molar-refractivity contribution in [3.63, 3.8) is 0 Å². The normalized spacial score (nSPS) is 13.8. The zero-order valence-corrected chi connectivity index (χ0v) is 19.0. The van der Waals surface area contributed by atoms with Gasteiger partial charge in [0.25, 0.3) is 0 Å². The number of halogens is 4. The van der Waals surface area contributed by atoms with Crippen LogP contribution in [0, 0.1) is 0 Å². The van der Waals surface area contributed by atoms with Gasteiger partial charge in [-0.1, -0.05) is 47.5 Å². The predicted molar refractivity (Wildman–Crippen MR) is 126 cm³/mol. The molecule has 1 aliphatic rings. The van der Waals surface area contributed by atoms with E-state index in [1.165, 1.54) is 0 Å². The van der Waals surface area contributed by atoms with Crippen molar-refractivity contribution < 1.29 is 4.74 Å². The summed E-state index contributed by atoms with van der Waals surface area (Å²) in [6.07, 6.45) is 4.07. The SMILES string of the molecule is CNC1(COc2cnc(-c3ccc(Cl)cc3)c(-c3ccc(Cl)cc3)c2)CC1.Cl.Cl. The highest BCUT2D eigenvalue weighted by Crippen LogP contribution is 2.37. The van der Waals surface area contributed by atoms with Crippen molar-refractivity contribution in [3.05, 3.63) is 70.8 Å². The summed E-state index contributed by atoms with van der Waals surface area (Å²) in [5.41, 5.74) is 4.05. The van der Waals surface area contributed by atoms with Gasteiger partial charge in [-0.25, -0.2) is 0 Å². The van der Waals surface area contributed by atoms with Crippen molar-refractivity contribution in [2.24, 2.45) is 0 Å². The van der Waals surface area contributed by atoms with E-state index in [4.69, 9.17) is 32.9 Å². The molecule has 3 nitrogen and oxygen atoms in total. The summed E-state index contributed by atoms with van der Waals surface area (Å²) >= 11 is 12.1. The zero-order chi connectivity index (χ0) is 18.9. The fourth-order valence-corrected chi connectivity index (χ4v) is 3.30. The average Bonchev–Trinajstić information content (AvgIpc) is 3.48. The van der Waals surface area contributed by atoms with Crippen LogP contribution in [0.4, 0.5) is 0 Å². The van der Waals surface area contributed by atoms with Crippen LogP contribution in [-0.4, -0.2) is 24.2 Å². The second-order valence-electron chi connectivity index (χ2n) is 6.90. The molecule has 0 bridgehead atoms. The molecule has 1 aliphatic carbocycles. The van der Waals surface area contributed by atoms with Crippen LogP contribution in [0.3, 0.4) is 0 Å². The molecule has 0 amide bonds. The Morgan fingerprint density at radius 2 is 1.48 bits per heavy atom. The number of rotatable bonds is 6. The van der Waals surface area contributed by atoms with Crippen molar-refractivity contribution in [1.29, 1.82) is 0 Å². The Kier molecular flexibility index (Phi) is 8.21. The highest BCUT2D eigenvalue weighted by molar-refractivity contribution is 6.31. The molecule has 7 heteroatoms. The number of nitrogens with one attached hydrogen (secondary N) is 1. The number of hydrogen-bond donors (Lipinski definition) is 1. The lowest BCUT2D eigenvalue weighted by molar-refractivity contribution is 0.259. The van der Waals surface area contributed by atoms with Gasteiger partial charge >= 0.3 is 0 Å². The van der Waals surface area contributed by atoms with Gasteiger partial charge in [0.05, 0.1) is 17.4 Å². The predicted octanol–water partition coefficient (Wildman–Crippen LogP) is 6.70. The molecule has 4 rings (SSSR count). The van der Waals surface area contributed by atoms with Crippen LogP contribution in [0.2, 0.25) is 10.0 Å². The van der Waals surface area contributed by atoms with Gasteiger partial charge in [0.2, 0.25) is 0 Å². The molecule has 0 saturated heterocycles. The first-order valence-electron chi connectivity index (χ1n) is 8.92. The van der Waals surface area contributed by atoms with Crippen LogP contribution in [0.1, 0.15) is 12.8 Å². The fourth-order valence-electron chi connectivity index (χ4n) is 3.05. The Morgan fingerprint density at radius 3 is 2.00 bits per heavy atom. The molecule has 0 aliphatic heterocycles. The highest BCUT2D eigenvalue weighted by Gasteiger charge is 2.41. The second-order valence-corrected chi connectivity index (χ2v) is 7.77. The molecule has 29 heavy (non-hydrogen) atoms. The van der Waals surface area contributed by atoms with Crippen LogP contribution in [0.25, 0.3) is 22.4 Å². The molecular formula is C22H22Cl4N2O. The third-order valence-corrected chi connectivity index (χ3v) is 5.54. The van der Waals surface area contributed by atoms with E-state index in [0.29, 0.717) is 16.7 Å². The van der Waals surface area contributed by atoms with Crippen LogP contribution in [0.15, 0.2) is 60.8 Å². The molecule has 1 N–H and O–H groups in total. The topological polar surface area (TPSA) is 34.1 Å². The van der Waals surface area contributed by atoms with Crippen LogP contribution < -0.4 is 10.1 Å². The van der Waals surface area contributed by atoms with Crippen LogP contribution >= 0.6 is 48.0 Å². The van der Waals surface area contributed by atoms with Gasteiger partial charge in [-0.05, 0) is 55.8 Å². The lowest BCUT2D eigenvalue weighted by Crippen LogP contribution is -2.33. The molecule has 0 atom stereocenters. The summed E-state index contributed by atoms with van der Waals surface area (Å²) < 4.78 is 6.05. The van der Waals surface area contributed by atoms with Crippen molar-refractivity contribution in [2.45, 2.75) is 18.4 Å². The molecule has 2 aromatic carbocycles. The van der Waals surface area contributed by atoms with Crippen molar-refractivity contribution in [2.75, 3.05) is 13.7 Å². The maximum absolute atomic E-state index is 6.07. The van der Waals surface area contributed by atoms with E-state index >= 15 is 0 Å². The third kappa shape index (κ3) is 5.56. The summed E-state index contributed by atoms with van der Waals surface area (Å²) in [6, 6.07) is 17.5. The first kappa shape index (κ1) is 23.8. The van der Waals surface area contributed by atoms with Gasteiger partial charge in [0, 0.05) is 21.2 Å². The smallest absolute Gasteiger partial charge is 0.138 e. The van der Waals surface area contributed by atoms with E-state index in [1.807, 2.05) is 61.6 Å². The summed E-state index contributed by atoms with van der Waals surface area (Å²) in [6.45, 7) is 0.644. The highest BCUT2D eigenvalue weighted by atomic mass is 35.5. The minimum atomic E-state index is 0. The molecule has 3 aromatic rings. The lowest BCUT2D eigenvalue weighted by atomic mass is 9.99. The molecule has 1 heterocycles. The minimum absolute atomic E-state index is 0. The third-order valence-electron chi connectivity index (χ3n) is 5.03. The van der Waals surface area contributed by atoms with E-state index < -0.39 is 0 Å². The number of hydrogen-bond acceptors (Lipinski definition) is 3. The summed E-state index contributed by atoms with van der Waals surface area (Å²) in [5, 5.41) is 4.75. The molecule has 0 unspecified atom stereocenters. The van der Waals surface area contributed by atoms with Crippen LogP contribution in [-0.2, 0) is 0 Å². The second kappa shape index (κ2) is 10.0. The number of pyridine rings is 1. The van der Waals surface area contributed by atoms with Gasteiger partial charge in [0.15, 0.2) is 0 Å². The lowest BCUT2D eigenvalue weighted by Gasteiger charge is -2.17. The van der Waals surface area contributed by atoms with E-state index in [0.717, 1.165) is 41.0 Å². The Bertz CT molecular complexity index is 942. The Morgan fingerprint density at radius 1 is 0.931 bits per heavy atom. The molecular weight excluding hydrogens is 450 g/mol. The Labute approximate surface area is 193 Å². The van der Waals surface area contributed by atoms with Crippen molar-refractivity contribution in [3.8, 4) is 28.1 Å². The van der Waals surface area contributed by atoms with Crippen LogP contribution in [0.5, 0.6) is 5.75 Å². The van der Waals surface area contributed by atoms with E-state index in [9.17, 15) is 0 Å². The first-order valence-corrected chi connectivity index (χ1v) is 9.68. The van der Waals surface area contributed by atoms with Crippen molar-refractivity contribution in [1.82, 2.24) is 10.3 Å². The number of nitrogens with zero attached hydrogens (tertiary/aromatic N) is 1. The quantitative estimate of drug-likeness (QED) is 0.434. The molecule has 0 spiro atoms. The Hall–Kier alpha value is -1.49. The molecule has 1 fully saturated rings. The van der Waals surface area contributed by atoms with Gasteiger partial charge in [0.1, 0.15) is 12.4 Å². The van der Waals surface area contributed by atoms with Gasteiger partial charge in [-0.2, -0.15) is 0 Å². The molecule has 1 saturated carbocycles. The van der Waals surface area contributed by atoms with Gasteiger partial charge in [-0.15, -0.1) is 24.8 Å². The molecule has 0 radical (unpaired) electrons. The molecule has 154 valence electrons. The fraction of sp³-hybridized carbons (Fsp3) is 0.227. The summed E-state index contributed by atoms with van der Waals surface area (Å²) in [7, 11) is 1.98. The van der Waals surface area contributed by atoms with Gasteiger partial charge in [-0.3, -0.25) is 4.98 Å². The number of likely N-dealkylation sites (N-methyl/N-ethyl adjacent to an activating group) is 1. The maximum atomic E-state index is 6.07. The zero-order valence-electron chi connectivity index (χ0n) is 15.8. The number of ether oxygens (including phenoxy) is 1. The summed E-state index contributed by atoms with van der Waals surface area (Å²) in [5.74, 6) is 0.763. The van der Waals surface area contributed by atoms with E-state index in [2.05, 4.69) is 5.32 Å². The molecule has 1 aromatic heterocycles. The van der Waals surface area contributed by atoms with Crippen molar-refractivity contribution >= 4 is 48.0 Å². The largest absolute Gasteiger partial charge is 0.490 e. The first-order chi connectivity index (χ1) is 13.1. The minimum Gasteiger partial charge on any atom is -0.490 e. The van der Waals surface area contributed by atoms with E-state index in [1.54, 1.807) is 6.20 Å². The average molecular weight is 472 g/mol. The van der Waals surface area contributed by atoms with Gasteiger partial charge < -0.3 is 10.1 Å². The number of aromatic nitrogens is 1.